The molecule has 6 nitrogen and oxygen atoms in total. The minimum absolute atomic E-state index is 0.144. The van der Waals surface area contributed by atoms with Crippen LogP contribution in [-0.2, 0) is 17.8 Å². The number of fused-ring (bicyclic) bond motifs is 1. The molecule has 3 aromatic rings. The van der Waals surface area contributed by atoms with Gasteiger partial charge in [-0.1, -0.05) is 19.1 Å². The Morgan fingerprint density at radius 1 is 1.16 bits per heavy atom. The van der Waals surface area contributed by atoms with E-state index in [1.807, 2.05) is 42.2 Å². The molecular formula is C25H25N3O3. The number of carbonyl (C=O) groups excluding carboxylic acids is 2. The summed E-state index contributed by atoms with van der Waals surface area (Å²) in [6, 6.07) is 15.3. The smallest absolute Gasteiger partial charge is 0.251 e. The van der Waals surface area contributed by atoms with Crippen molar-refractivity contribution in [2.24, 2.45) is 0 Å². The van der Waals surface area contributed by atoms with Gasteiger partial charge in [0, 0.05) is 48.7 Å². The number of aromatic nitrogens is 1. The highest BCUT2D eigenvalue weighted by atomic mass is 16.5. The zero-order valence-electron chi connectivity index (χ0n) is 17.7. The molecule has 0 unspecified atom stereocenters. The number of rotatable bonds is 6. The minimum Gasteiger partial charge on any atom is -0.496 e. The fourth-order valence-electron chi connectivity index (χ4n) is 3.88. The van der Waals surface area contributed by atoms with Gasteiger partial charge in [-0.25, -0.2) is 0 Å². The highest BCUT2D eigenvalue weighted by Crippen LogP contribution is 2.36. The van der Waals surface area contributed by atoms with Crippen molar-refractivity contribution in [2.75, 3.05) is 18.6 Å². The predicted octanol–water partition coefficient (Wildman–Crippen LogP) is 3.99. The van der Waals surface area contributed by atoms with E-state index in [0.717, 1.165) is 40.9 Å². The second-order valence-corrected chi connectivity index (χ2v) is 7.45. The summed E-state index contributed by atoms with van der Waals surface area (Å²) in [5.74, 6) is 0.607. The summed E-state index contributed by atoms with van der Waals surface area (Å²) in [5, 5.41) is 2.91. The summed E-state index contributed by atoms with van der Waals surface area (Å²) < 4.78 is 5.59. The lowest BCUT2D eigenvalue weighted by atomic mass is 9.99. The number of hydrogen-bond acceptors (Lipinski definition) is 4. The van der Waals surface area contributed by atoms with E-state index in [-0.39, 0.29) is 11.8 Å². The van der Waals surface area contributed by atoms with Crippen molar-refractivity contribution < 1.29 is 14.3 Å². The lowest BCUT2D eigenvalue weighted by Gasteiger charge is -2.17. The van der Waals surface area contributed by atoms with Crippen molar-refractivity contribution in [3.05, 3.63) is 77.6 Å². The lowest BCUT2D eigenvalue weighted by molar-refractivity contribution is -0.118. The van der Waals surface area contributed by atoms with E-state index in [4.69, 9.17) is 4.74 Å². The molecule has 4 rings (SSSR count). The van der Waals surface area contributed by atoms with Gasteiger partial charge in [-0.3, -0.25) is 14.6 Å². The van der Waals surface area contributed by atoms with Crippen LogP contribution in [0.25, 0.3) is 11.1 Å². The summed E-state index contributed by atoms with van der Waals surface area (Å²) in [7, 11) is 1.60. The van der Waals surface area contributed by atoms with Crippen molar-refractivity contribution in [2.45, 2.75) is 26.3 Å². The predicted molar refractivity (Wildman–Crippen MR) is 120 cm³/mol. The third-order valence-electron chi connectivity index (χ3n) is 5.53. The number of amides is 2. The first kappa shape index (κ1) is 20.6. The highest BCUT2D eigenvalue weighted by Gasteiger charge is 2.24. The number of benzene rings is 2. The van der Waals surface area contributed by atoms with Crippen LogP contribution in [0.5, 0.6) is 5.75 Å². The van der Waals surface area contributed by atoms with Crippen LogP contribution >= 0.6 is 0 Å². The molecule has 0 atom stereocenters. The highest BCUT2D eigenvalue weighted by molar-refractivity contribution is 5.97. The first-order chi connectivity index (χ1) is 15.1. The Morgan fingerprint density at radius 2 is 2.03 bits per heavy atom. The fraction of sp³-hybridized carbons (Fsp3) is 0.240. The molecule has 0 radical (unpaired) electrons. The van der Waals surface area contributed by atoms with Crippen molar-refractivity contribution in [1.82, 2.24) is 10.3 Å². The molecule has 0 bridgehead atoms. The van der Waals surface area contributed by atoms with Crippen LogP contribution in [0, 0.1) is 0 Å². The lowest BCUT2D eigenvalue weighted by Crippen LogP contribution is -2.27. The molecule has 0 saturated carbocycles. The normalized spacial score (nSPS) is 12.4. The summed E-state index contributed by atoms with van der Waals surface area (Å²) in [6.07, 6.45) is 4.77. The largest absolute Gasteiger partial charge is 0.496 e. The van der Waals surface area contributed by atoms with Crippen LogP contribution < -0.4 is 15.0 Å². The van der Waals surface area contributed by atoms with Crippen LogP contribution in [0.1, 0.15) is 34.8 Å². The number of pyridine rings is 1. The van der Waals surface area contributed by atoms with Crippen molar-refractivity contribution in [3.8, 4) is 16.9 Å². The number of nitrogens with one attached hydrogen (secondary N) is 1. The molecule has 6 heteroatoms. The standard InChI is InChI=1S/C25H25N3O3/c1-3-24(29)28-12-10-19-13-18(7-9-22(19)28)21-8-6-20(14-23(21)31-2)25(30)27-16-17-5-4-11-26-15-17/h4-9,11,13-15H,3,10,12,16H2,1-2H3,(H,27,30). The molecule has 1 aliphatic rings. The number of hydrogen-bond donors (Lipinski definition) is 1. The maximum Gasteiger partial charge on any atom is 0.251 e. The quantitative estimate of drug-likeness (QED) is 0.661. The van der Waals surface area contributed by atoms with E-state index in [2.05, 4.69) is 16.4 Å². The van der Waals surface area contributed by atoms with Crippen LogP contribution in [0.15, 0.2) is 60.9 Å². The van der Waals surface area contributed by atoms with E-state index in [9.17, 15) is 9.59 Å². The maximum absolute atomic E-state index is 12.6. The Kier molecular flexibility index (Phi) is 5.98. The second kappa shape index (κ2) is 9.00. The van der Waals surface area contributed by atoms with E-state index < -0.39 is 0 Å². The van der Waals surface area contributed by atoms with Gasteiger partial charge < -0.3 is 15.0 Å². The molecule has 0 aliphatic carbocycles. The van der Waals surface area contributed by atoms with Gasteiger partial charge in [0.1, 0.15) is 5.75 Å². The molecule has 1 N–H and O–H groups in total. The zero-order chi connectivity index (χ0) is 21.8. The molecule has 2 aromatic carbocycles. The number of anilines is 1. The maximum atomic E-state index is 12.6. The average molecular weight is 415 g/mol. The van der Waals surface area contributed by atoms with Crippen LogP contribution in [0.3, 0.4) is 0 Å². The number of ether oxygens (including phenoxy) is 1. The van der Waals surface area contributed by atoms with Gasteiger partial charge in [0.05, 0.1) is 7.11 Å². The third kappa shape index (κ3) is 4.28. The summed E-state index contributed by atoms with van der Waals surface area (Å²) in [4.78, 5) is 30.6. The van der Waals surface area contributed by atoms with Crippen molar-refractivity contribution >= 4 is 17.5 Å². The SMILES string of the molecule is CCC(=O)N1CCc2cc(-c3ccc(C(=O)NCc4cccnc4)cc3OC)ccc21. The van der Waals surface area contributed by atoms with Crippen LogP contribution in [-0.4, -0.2) is 30.5 Å². The van der Waals surface area contributed by atoms with Gasteiger partial charge in [-0.15, -0.1) is 0 Å². The molecular weight excluding hydrogens is 390 g/mol. The number of carbonyl (C=O) groups is 2. The fourth-order valence-corrected chi connectivity index (χ4v) is 3.88. The van der Waals surface area contributed by atoms with Gasteiger partial charge >= 0.3 is 0 Å². The number of nitrogens with zero attached hydrogens (tertiary/aromatic N) is 2. The molecule has 1 aromatic heterocycles. The zero-order valence-corrected chi connectivity index (χ0v) is 17.7. The summed E-state index contributed by atoms with van der Waals surface area (Å²) in [5.41, 5.74) is 5.53. The minimum atomic E-state index is -0.170. The van der Waals surface area contributed by atoms with E-state index in [1.165, 1.54) is 0 Å². The van der Waals surface area contributed by atoms with Crippen molar-refractivity contribution in [3.63, 3.8) is 0 Å². The molecule has 158 valence electrons. The molecule has 31 heavy (non-hydrogen) atoms. The Bertz CT molecular complexity index is 1110. The van der Waals surface area contributed by atoms with Crippen LogP contribution in [0.2, 0.25) is 0 Å². The first-order valence-corrected chi connectivity index (χ1v) is 10.4. The Balaban J connectivity index is 1.55. The Labute approximate surface area is 181 Å². The number of methoxy groups -OCH3 is 1. The Hall–Kier alpha value is -3.67. The summed E-state index contributed by atoms with van der Waals surface area (Å²) >= 11 is 0. The van der Waals surface area contributed by atoms with Gasteiger partial charge in [0.25, 0.3) is 5.91 Å². The van der Waals surface area contributed by atoms with Gasteiger partial charge in [0.15, 0.2) is 0 Å². The van der Waals surface area contributed by atoms with Crippen LogP contribution in [0.4, 0.5) is 5.69 Å². The molecule has 0 spiro atoms. The first-order valence-electron chi connectivity index (χ1n) is 10.4. The van der Waals surface area contributed by atoms with E-state index in [0.29, 0.717) is 24.3 Å². The summed E-state index contributed by atoms with van der Waals surface area (Å²) in [6.45, 7) is 3.02. The van der Waals surface area contributed by atoms with Gasteiger partial charge in [-0.05, 0) is 59.5 Å². The Morgan fingerprint density at radius 3 is 2.77 bits per heavy atom. The van der Waals surface area contributed by atoms with Gasteiger partial charge in [0.2, 0.25) is 5.91 Å². The van der Waals surface area contributed by atoms with Crippen molar-refractivity contribution in [1.29, 1.82) is 0 Å². The average Bonchev–Trinajstić information content (AvgIpc) is 3.25. The van der Waals surface area contributed by atoms with Gasteiger partial charge in [-0.2, -0.15) is 0 Å². The second-order valence-electron chi connectivity index (χ2n) is 7.45. The van der Waals surface area contributed by atoms with E-state index >= 15 is 0 Å². The van der Waals surface area contributed by atoms with E-state index in [1.54, 1.807) is 31.6 Å². The topological polar surface area (TPSA) is 71.5 Å². The third-order valence-corrected chi connectivity index (χ3v) is 5.53. The molecule has 2 amide bonds. The molecule has 2 heterocycles. The molecule has 0 saturated heterocycles. The monoisotopic (exact) mass is 415 g/mol. The molecule has 1 aliphatic heterocycles. The molecule has 0 fully saturated rings.